The Morgan fingerprint density at radius 1 is 0.574 bits per heavy atom. The fraction of sp³-hybridized carbons (Fsp3) is 0.135. The van der Waals surface area contributed by atoms with Crippen LogP contribution in [0.2, 0.25) is 0 Å². The molecule has 0 saturated heterocycles. The normalized spacial score (nSPS) is 12.0. The number of carbonyl (C=O) groups is 4. The molecule has 0 spiro atoms. The lowest BCUT2D eigenvalue weighted by Gasteiger charge is -2.22. The number of esters is 4. The Kier molecular flexibility index (Phi) is 9.51. The van der Waals surface area contributed by atoms with Gasteiger partial charge in [-0.3, -0.25) is 0 Å². The summed E-state index contributed by atoms with van der Waals surface area (Å²) >= 11 is 0. The molecule has 4 aromatic carbocycles. The molecule has 5 rings (SSSR count). The summed E-state index contributed by atoms with van der Waals surface area (Å²) < 4.78 is 31.6. The van der Waals surface area contributed by atoms with Crippen LogP contribution in [-0.4, -0.2) is 37.5 Å². The minimum Gasteiger partial charge on any atom is -0.457 e. The first kappa shape index (κ1) is 32.2. The maximum Gasteiger partial charge on any atom is 0.343 e. The van der Waals surface area contributed by atoms with Crippen molar-refractivity contribution in [3.63, 3.8) is 0 Å². The summed E-state index contributed by atoms with van der Waals surface area (Å²) in [5, 5.41) is 0. The average molecular weight is 635 g/mol. The fourth-order valence-corrected chi connectivity index (χ4v) is 4.96. The Labute approximate surface area is 270 Å². The lowest BCUT2D eigenvalue weighted by Crippen LogP contribution is -2.16. The van der Waals surface area contributed by atoms with Crippen LogP contribution in [0.5, 0.6) is 23.0 Å². The molecule has 10 heteroatoms. The van der Waals surface area contributed by atoms with Crippen molar-refractivity contribution < 1.29 is 47.6 Å². The molecule has 47 heavy (non-hydrogen) atoms. The minimum atomic E-state index is -0.604. The molecule has 238 valence electrons. The Hall–Kier alpha value is -6.16. The van der Waals surface area contributed by atoms with E-state index in [1.807, 2.05) is 38.1 Å². The summed E-state index contributed by atoms with van der Waals surface area (Å²) in [4.78, 5) is 48.1. The van der Waals surface area contributed by atoms with Crippen molar-refractivity contribution >= 4 is 23.9 Å². The summed E-state index contributed by atoms with van der Waals surface area (Å²) in [5.41, 5.74) is 4.00. The predicted octanol–water partition coefficient (Wildman–Crippen LogP) is 6.56. The van der Waals surface area contributed by atoms with E-state index in [4.69, 9.17) is 28.4 Å². The van der Waals surface area contributed by atoms with Crippen molar-refractivity contribution in [2.75, 3.05) is 13.6 Å². The molecule has 0 atom stereocenters. The van der Waals surface area contributed by atoms with Crippen LogP contribution in [0, 0.1) is 0 Å². The van der Waals surface area contributed by atoms with E-state index in [1.165, 1.54) is 0 Å². The second-order valence-electron chi connectivity index (χ2n) is 10.7. The van der Waals surface area contributed by atoms with Gasteiger partial charge in [0.25, 0.3) is 0 Å². The molecule has 0 heterocycles. The molecule has 0 radical (unpaired) electrons. The van der Waals surface area contributed by atoms with E-state index < -0.39 is 29.3 Å². The van der Waals surface area contributed by atoms with E-state index >= 15 is 0 Å². The number of benzene rings is 4. The van der Waals surface area contributed by atoms with Gasteiger partial charge in [0.05, 0.1) is 11.1 Å². The van der Waals surface area contributed by atoms with Gasteiger partial charge < -0.3 is 28.4 Å². The van der Waals surface area contributed by atoms with Gasteiger partial charge in [0.2, 0.25) is 13.6 Å². The zero-order valence-corrected chi connectivity index (χ0v) is 25.6. The highest BCUT2D eigenvalue weighted by Gasteiger charge is 2.36. The first-order chi connectivity index (χ1) is 22.6. The van der Waals surface area contributed by atoms with Gasteiger partial charge in [-0.2, -0.15) is 0 Å². The van der Waals surface area contributed by atoms with Crippen LogP contribution in [0.15, 0.2) is 110 Å². The van der Waals surface area contributed by atoms with E-state index in [-0.39, 0.29) is 13.6 Å². The molecule has 0 bridgehead atoms. The van der Waals surface area contributed by atoms with E-state index in [9.17, 15) is 19.2 Å². The quantitative estimate of drug-likeness (QED) is 0.0732. The predicted molar refractivity (Wildman–Crippen MR) is 170 cm³/mol. The highest BCUT2D eigenvalue weighted by atomic mass is 16.7. The molecule has 0 aliphatic heterocycles. The second-order valence-corrected chi connectivity index (χ2v) is 10.7. The van der Waals surface area contributed by atoms with Gasteiger partial charge in [-0.15, -0.1) is 0 Å². The number of hydrogen-bond donors (Lipinski definition) is 0. The lowest BCUT2D eigenvalue weighted by molar-refractivity contribution is -0.145. The number of hydrogen-bond acceptors (Lipinski definition) is 10. The molecule has 10 nitrogen and oxygen atoms in total. The molecular weight excluding hydrogens is 604 g/mol. The molecule has 0 N–H and O–H groups in total. The largest absolute Gasteiger partial charge is 0.457 e. The highest BCUT2D eigenvalue weighted by molar-refractivity contribution is 5.92. The molecule has 1 aliphatic rings. The Morgan fingerprint density at radius 2 is 0.936 bits per heavy atom. The van der Waals surface area contributed by atoms with Gasteiger partial charge >= 0.3 is 23.9 Å². The molecule has 0 aromatic heterocycles. The Morgan fingerprint density at radius 3 is 1.30 bits per heavy atom. The van der Waals surface area contributed by atoms with Crippen molar-refractivity contribution in [2.24, 2.45) is 0 Å². The van der Waals surface area contributed by atoms with E-state index in [0.29, 0.717) is 34.1 Å². The zero-order valence-electron chi connectivity index (χ0n) is 25.6. The summed E-state index contributed by atoms with van der Waals surface area (Å²) in [5.74, 6) is -0.725. The maximum absolute atomic E-state index is 12.9. The third kappa shape index (κ3) is 7.39. The molecule has 0 fully saturated rings. The van der Waals surface area contributed by atoms with Crippen LogP contribution >= 0.6 is 0 Å². The monoisotopic (exact) mass is 634 g/mol. The van der Waals surface area contributed by atoms with Crippen molar-refractivity contribution in [3.05, 3.63) is 132 Å². The minimum absolute atomic E-state index is 0.283. The first-order valence-corrected chi connectivity index (χ1v) is 14.4. The number of ether oxygens (including phenoxy) is 6. The van der Waals surface area contributed by atoms with E-state index in [1.54, 1.807) is 60.7 Å². The fourth-order valence-electron chi connectivity index (χ4n) is 4.96. The van der Waals surface area contributed by atoms with Crippen molar-refractivity contribution in [3.8, 4) is 34.1 Å². The van der Waals surface area contributed by atoms with Gasteiger partial charge in [-0.25, -0.2) is 19.2 Å². The summed E-state index contributed by atoms with van der Waals surface area (Å²) in [6, 6.07) is 23.4. The third-order valence-corrected chi connectivity index (χ3v) is 7.41. The van der Waals surface area contributed by atoms with Crippen LogP contribution in [-0.2, 0) is 24.5 Å². The number of carbonyl (C=O) groups excluding carboxylic acids is 4. The molecule has 1 aliphatic carbocycles. The Balaban J connectivity index is 1.22. The van der Waals surface area contributed by atoms with Crippen molar-refractivity contribution in [2.45, 2.75) is 19.3 Å². The third-order valence-electron chi connectivity index (χ3n) is 7.41. The average Bonchev–Trinajstić information content (AvgIpc) is 3.30. The maximum atomic E-state index is 12.9. The van der Waals surface area contributed by atoms with Crippen LogP contribution in [0.1, 0.15) is 45.7 Å². The van der Waals surface area contributed by atoms with Gasteiger partial charge in [0.15, 0.2) is 0 Å². The Bertz CT molecular complexity index is 1720. The zero-order chi connectivity index (χ0) is 33.6. The number of fused-ring (bicyclic) bond motifs is 3. The molecule has 0 amide bonds. The SMILES string of the molecule is C=CC(=O)OCOc1ccc(C(=O)Oc2ccc3c(c2)C(C)(C)c2cc(OC(=O)c4ccc(OCOC(=O)C=C)cc4)ccc2-3)cc1. The van der Waals surface area contributed by atoms with Gasteiger partial charge in [0.1, 0.15) is 23.0 Å². The standard InChI is InChI=1S/C37H30O10/c1-5-33(38)44-21-42-25-11-7-23(8-12-25)35(40)46-27-15-17-29-30-18-16-28(20-32(30)37(3,4)31(29)19-27)47-36(41)24-9-13-26(14-10-24)43-22-45-34(39)6-2/h5-20H,1-2,21-22H2,3-4H3. The van der Waals surface area contributed by atoms with Crippen LogP contribution in [0.25, 0.3) is 11.1 Å². The topological polar surface area (TPSA) is 124 Å². The molecular formula is C37H30O10. The van der Waals surface area contributed by atoms with Gasteiger partial charge in [-0.05, 0) is 95.1 Å². The van der Waals surface area contributed by atoms with Gasteiger partial charge in [-0.1, -0.05) is 39.1 Å². The van der Waals surface area contributed by atoms with E-state index in [2.05, 4.69) is 13.2 Å². The van der Waals surface area contributed by atoms with Crippen LogP contribution in [0.3, 0.4) is 0 Å². The smallest absolute Gasteiger partial charge is 0.343 e. The van der Waals surface area contributed by atoms with Crippen LogP contribution in [0.4, 0.5) is 0 Å². The summed E-state index contributed by atoms with van der Waals surface area (Å²) in [7, 11) is 0. The first-order valence-electron chi connectivity index (χ1n) is 14.4. The molecule has 0 unspecified atom stereocenters. The van der Waals surface area contributed by atoms with Crippen molar-refractivity contribution in [1.82, 2.24) is 0 Å². The molecule has 4 aromatic rings. The van der Waals surface area contributed by atoms with Gasteiger partial charge in [0, 0.05) is 17.6 Å². The van der Waals surface area contributed by atoms with E-state index in [0.717, 1.165) is 34.4 Å². The van der Waals surface area contributed by atoms with Crippen LogP contribution < -0.4 is 18.9 Å². The highest BCUT2D eigenvalue weighted by Crippen LogP contribution is 2.50. The summed E-state index contributed by atoms with van der Waals surface area (Å²) in [6.07, 6.45) is 2.07. The summed E-state index contributed by atoms with van der Waals surface area (Å²) in [6.45, 7) is 10.2. The number of rotatable bonds is 12. The molecule has 0 saturated carbocycles. The second kappa shape index (κ2) is 13.9. The van der Waals surface area contributed by atoms with Crippen molar-refractivity contribution in [1.29, 1.82) is 0 Å². The lowest BCUT2D eigenvalue weighted by atomic mass is 9.82.